The number of hydrogen-bond donors (Lipinski definition) is 1. The standard InChI is InChI=1S/C19H25N3O3S.ClH/c1-2-5-18(20)19(23)21-10-12-22(13-11-21)26(24,25)17-9-8-15-6-3-4-7-16(15)14-17;/h3-4,6-9,14,18H,2,5,10-13,20H2,1H3;1H. The summed E-state index contributed by atoms with van der Waals surface area (Å²) in [6.07, 6.45) is 1.50. The number of piperazine rings is 1. The van der Waals surface area contributed by atoms with Crippen molar-refractivity contribution in [3.63, 3.8) is 0 Å². The number of rotatable bonds is 5. The highest BCUT2D eigenvalue weighted by atomic mass is 35.5. The minimum atomic E-state index is -3.57. The van der Waals surface area contributed by atoms with Crippen molar-refractivity contribution in [3.8, 4) is 0 Å². The fraction of sp³-hybridized carbons (Fsp3) is 0.421. The summed E-state index contributed by atoms with van der Waals surface area (Å²) in [6, 6.07) is 12.4. The van der Waals surface area contributed by atoms with Crippen LogP contribution in [0, 0.1) is 0 Å². The highest BCUT2D eigenvalue weighted by Gasteiger charge is 2.31. The van der Waals surface area contributed by atoms with E-state index in [1.165, 1.54) is 4.31 Å². The summed E-state index contributed by atoms with van der Waals surface area (Å²) >= 11 is 0. The zero-order valence-electron chi connectivity index (χ0n) is 15.4. The van der Waals surface area contributed by atoms with Crippen LogP contribution in [-0.2, 0) is 14.8 Å². The molecule has 0 bridgehead atoms. The molecule has 0 saturated carbocycles. The maximum atomic E-state index is 12.9. The first kappa shape index (κ1) is 21.6. The van der Waals surface area contributed by atoms with E-state index in [4.69, 9.17) is 5.73 Å². The fourth-order valence-electron chi connectivity index (χ4n) is 3.29. The number of carbonyl (C=O) groups excluding carboxylic acids is 1. The first-order chi connectivity index (χ1) is 12.4. The van der Waals surface area contributed by atoms with Crippen molar-refractivity contribution in [3.05, 3.63) is 42.5 Å². The minimum Gasteiger partial charge on any atom is -0.339 e. The third-order valence-corrected chi connectivity index (χ3v) is 6.72. The van der Waals surface area contributed by atoms with Crippen LogP contribution in [0.1, 0.15) is 19.8 Å². The molecule has 1 aliphatic rings. The van der Waals surface area contributed by atoms with Crippen LogP contribution in [0.4, 0.5) is 0 Å². The average molecular weight is 412 g/mol. The summed E-state index contributed by atoms with van der Waals surface area (Å²) in [5.41, 5.74) is 5.90. The molecular formula is C19H26ClN3O3S. The molecule has 1 unspecified atom stereocenters. The van der Waals surface area contributed by atoms with Crippen LogP contribution in [0.3, 0.4) is 0 Å². The lowest BCUT2D eigenvalue weighted by molar-refractivity contribution is -0.133. The van der Waals surface area contributed by atoms with Crippen LogP contribution in [0.25, 0.3) is 10.8 Å². The van der Waals surface area contributed by atoms with Gasteiger partial charge in [-0.05, 0) is 29.3 Å². The zero-order valence-corrected chi connectivity index (χ0v) is 17.0. The Morgan fingerprint density at radius 2 is 1.70 bits per heavy atom. The van der Waals surface area contributed by atoms with Gasteiger partial charge in [0, 0.05) is 26.2 Å². The molecule has 0 radical (unpaired) electrons. The predicted octanol–water partition coefficient (Wildman–Crippen LogP) is 2.22. The molecule has 1 fully saturated rings. The SMILES string of the molecule is CCCC(N)C(=O)N1CCN(S(=O)(=O)c2ccc3ccccc3c2)CC1.Cl. The molecule has 8 heteroatoms. The van der Waals surface area contributed by atoms with Gasteiger partial charge in [0.05, 0.1) is 10.9 Å². The van der Waals surface area contributed by atoms with Gasteiger partial charge in [-0.15, -0.1) is 12.4 Å². The Labute approximate surface area is 166 Å². The van der Waals surface area contributed by atoms with E-state index < -0.39 is 16.1 Å². The Bertz CT molecular complexity index is 896. The monoisotopic (exact) mass is 411 g/mol. The lowest BCUT2D eigenvalue weighted by Crippen LogP contribution is -2.54. The van der Waals surface area contributed by atoms with Crippen molar-refractivity contribution < 1.29 is 13.2 Å². The Kier molecular flexibility index (Phi) is 7.22. The molecule has 1 saturated heterocycles. The Morgan fingerprint density at radius 1 is 1.07 bits per heavy atom. The maximum absolute atomic E-state index is 12.9. The third-order valence-electron chi connectivity index (χ3n) is 4.83. The molecule has 2 aromatic carbocycles. The predicted molar refractivity (Wildman–Crippen MR) is 109 cm³/mol. The number of nitrogens with zero attached hydrogens (tertiary/aromatic N) is 2. The number of halogens is 1. The minimum absolute atomic E-state index is 0. The molecule has 27 heavy (non-hydrogen) atoms. The molecule has 1 heterocycles. The second kappa shape index (κ2) is 9.01. The van der Waals surface area contributed by atoms with Crippen molar-refractivity contribution in [2.75, 3.05) is 26.2 Å². The van der Waals surface area contributed by atoms with Gasteiger partial charge in [-0.25, -0.2) is 8.42 Å². The van der Waals surface area contributed by atoms with Gasteiger partial charge in [0.1, 0.15) is 0 Å². The molecule has 1 amide bonds. The van der Waals surface area contributed by atoms with Crippen LogP contribution in [0.5, 0.6) is 0 Å². The quantitative estimate of drug-likeness (QED) is 0.817. The number of carbonyl (C=O) groups is 1. The van der Waals surface area contributed by atoms with Crippen LogP contribution < -0.4 is 5.73 Å². The molecule has 1 aliphatic heterocycles. The first-order valence-corrected chi connectivity index (χ1v) is 10.4. The van der Waals surface area contributed by atoms with Crippen molar-refractivity contribution in [1.29, 1.82) is 0 Å². The van der Waals surface area contributed by atoms with Crippen LogP contribution in [-0.4, -0.2) is 55.8 Å². The van der Waals surface area contributed by atoms with E-state index in [-0.39, 0.29) is 18.3 Å². The van der Waals surface area contributed by atoms with Gasteiger partial charge < -0.3 is 10.6 Å². The average Bonchev–Trinajstić information content (AvgIpc) is 2.67. The lowest BCUT2D eigenvalue weighted by Gasteiger charge is -2.35. The second-order valence-corrected chi connectivity index (χ2v) is 8.57. The molecule has 2 aromatic rings. The molecule has 6 nitrogen and oxygen atoms in total. The van der Waals surface area contributed by atoms with Crippen LogP contribution >= 0.6 is 12.4 Å². The molecule has 2 N–H and O–H groups in total. The van der Waals surface area contributed by atoms with E-state index in [1.54, 1.807) is 17.0 Å². The second-order valence-electron chi connectivity index (χ2n) is 6.63. The van der Waals surface area contributed by atoms with E-state index in [0.717, 1.165) is 17.2 Å². The molecule has 0 aromatic heterocycles. The fourth-order valence-corrected chi connectivity index (χ4v) is 4.75. The Morgan fingerprint density at radius 3 is 2.33 bits per heavy atom. The summed E-state index contributed by atoms with van der Waals surface area (Å²) in [5, 5.41) is 1.90. The number of benzene rings is 2. The lowest BCUT2D eigenvalue weighted by atomic mass is 10.1. The number of nitrogens with two attached hydrogens (primary N) is 1. The van der Waals surface area contributed by atoms with Crippen molar-refractivity contribution in [2.45, 2.75) is 30.7 Å². The maximum Gasteiger partial charge on any atom is 0.243 e. The van der Waals surface area contributed by atoms with Gasteiger partial charge in [0.15, 0.2) is 0 Å². The normalized spacial score (nSPS) is 16.7. The smallest absolute Gasteiger partial charge is 0.243 e. The van der Waals surface area contributed by atoms with Gasteiger partial charge in [-0.2, -0.15) is 4.31 Å². The van der Waals surface area contributed by atoms with Crippen molar-refractivity contribution in [1.82, 2.24) is 9.21 Å². The van der Waals surface area contributed by atoms with Crippen molar-refractivity contribution in [2.24, 2.45) is 5.73 Å². The highest BCUT2D eigenvalue weighted by molar-refractivity contribution is 7.89. The summed E-state index contributed by atoms with van der Waals surface area (Å²) < 4.78 is 27.3. The summed E-state index contributed by atoms with van der Waals surface area (Å²) in [7, 11) is -3.57. The van der Waals surface area contributed by atoms with Gasteiger partial charge >= 0.3 is 0 Å². The van der Waals surface area contributed by atoms with E-state index in [2.05, 4.69) is 0 Å². The molecule has 0 aliphatic carbocycles. The first-order valence-electron chi connectivity index (χ1n) is 8.97. The molecule has 3 rings (SSSR count). The Balaban J connectivity index is 0.00000261. The largest absolute Gasteiger partial charge is 0.339 e. The van der Waals surface area contributed by atoms with E-state index >= 15 is 0 Å². The van der Waals surface area contributed by atoms with E-state index in [1.807, 2.05) is 37.3 Å². The van der Waals surface area contributed by atoms with E-state index in [9.17, 15) is 13.2 Å². The number of amides is 1. The molecule has 148 valence electrons. The van der Waals surface area contributed by atoms with Crippen LogP contribution in [0.2, 0.25) is 0 Å². The number of hydrogen-bond acceptors (Lipinski definition) is 4. The van der Waals surface area contributed by atoms with Crippen LogP contribution in [0.15, 0.2) is 47.4 Å². The molecule has 1 atom stereocenters. The summed E-state index contributed by atoms with van der Waals surface area (Å²) in [6.45, 7) is 3.33. The third kappa shape index (κ3) is 4.60. The van der Waals surface area contributed by atoms with Gasteiger partial charge in [-0.3, -0.25) is 4.79 Å². The zero-order chi connectivity index (χ0) is 18.7. The topological polar surface area (TPSA) is 83.7 Å². The molecular weight excluding hydrogens is 386 g/mol. The number of fused-ring (bicyclic) bond motifs is 1. The van der Waals surface area contributed by atoms with Gasteiger partial charge in [-0.1, -0.05) is 43.7 Å². The van der Waals surface area contributed by atoms with Crippen molar-refractivity contribution >= 4 is 39.1 Å². The summed E-state index contributed by atoms with van der Waals surface area (Å²) in [5.74, 6) is -0.0883. The molecule has 0 spiro atoms. The van der Waals surface area contributed by atoms with Gasteiger partial charge in [0.25, 0.3) is 0 Å². The van der Waals surface area contributed by atoms with Gasteiger partial charge in [0.2, 0.25) is 15.9 Å². The Hall–Kier alpha value is -1.67. The number of sulfonamides is 1. The summed E-state index contributed by atoms with van der Waals surface area (Å²) in [4.78, 5) is 14.3. The van der Waals surface area contributed by atoms with E-state index in [0.29, 0.717) is 37.5 Å². The highest BCUT2D eigenvalue weighted by Crippen LogP contribution is 2.23.